The van der Waals surface area contributed by atoms with Gasteiger partial charge in [0.2, 0.25) is 0 Å². The van der Waals surface area contributed by atoms with Gasteiger partial charge in [-0.25, -0.2) is 0 Å². The first kappa shape index (κ1) is 10.2. The Morgan fingerprint density at radius 3 is 2.93 bits per heavy atom. The van der Waals surface area contributed by atoms with Crippen LogP contribution in [0.4, 0.5) is 0 Å². The van der Waals surface area contributed by atoms with Crippen molar-refractivity contribution in [2.24, 2.45) is 0 Å². The van der Waals surface area contributed by atoms with Crippen LogP contribution in [0.1, 0.15) is 30.1 Å². The standard InChI is InChI=1S/C12H15BrO/c13-8-7-10-4-1-2-5-11(10)12-6-3-9-14-12/h1-2,4-5,12H,3,6-9H2. The molecule has 14 heavy (non-hydrogen) atoms. The quantitative estimate of drug-likeness (QED) is 0.751. The van der Waals surface area contributed by atoms with E-state index < -0.39 is 0 Å². The van der Waals surface area contributed by atoms with Gasteiger partial charge in [-0.05, 0) is 30.4 Å². The summed E-state index contributed by atoms with van der Waals surface area (Å²) in [6.45, 7) is 0.924. The minimum absolute atomic E-state index is 0.352. The maximum absolute atomic E-state index is 5.71. The molecule has 0 saturated carbocycles. The molecular weight excluding hydrogens is 240 g/mol. The van der Waals surface area contributed by atoms with Gasteiger partial charge in [0.05, 0.1) is 6.10 Å². The third-order valence-electron chi connectivity index (χ3n) is 2.70. The Bertz CT molecular complexity index is 292. The van der Waals surface area contributed by atoms with Crippen LogP contribution in [0.15, 0.2) is 24.3 Å². The molecule has 1 aliphatic rings. The average Bonchev–Trinajstić information content (AvgIpc) is 2.72. The highest BCUT2D eigenvalue weighted by Gasteiger charge is 2.19. The van der Waals surface area contributed by atoms with Gasteiger partial charge in [-0.2, -0.15) is 0 Å². The van der Waals surface area contributed by atoms with E-state index in [4.69, 9.17) is 4.74 Å². The summed E-state index contributed by atoms with van der Waals surface area (Å²) in [6, 6.07) is 8.62. The van der Waals surface area contributed by atoms with Crippen LogP contribution < -0.4 is 0 Å². The Kier molecular flexibility index (Phi) is 3.60. The Hall–Kier alpha value is -0.340. The lowest BCUT2D eigenvalue weighted by atomic mass is 9.99. The zero-order chi connectivity index (χ0) is 9.80. The first-order valence-electron chi connectivity index (χ1n) is 5.17. The zero-order valence-corrected chi connectivity index (χ0v) is 9.79. The number of alkyl halides is 1. The first-order chi connectivity index (χ1) is 6.92. The third kappa shape index (κ3) is 2.18. The van der Waals surface area contributed by atoms with E-state index in [9.17, 15) is 0 Å². The van der Waals surface area contributed by atoms with Crippen LogP contribution in [0.25, 0.3) is 0 Å². The fourth-order valence-corrected chi connectivity index (χ4v) is 2.43. The summed E-state index contributed by atoms with van der Waals surface area (Å²) < 4.78 is 5.71. The van der Waals surface area contributed by atoms with Crippen molar-refractivity contribution < 1.29 is 4.74 Å². The van der Waals surface area contributed by atoms with Crippen molar-refractivity contribution in [3.8, 4) is 0 Å². The molecule has 0 N–H and O–H groups in total. The molecule has 0 aromatic heterocycles. The van der Waals surface area contributed by atoms with Crippen LogP contribution >= 0.6 is 15.9 Å². The van der Waals surface area contributed by atoms with Crippen molar-refractivity contribution in [3.63, 3.8) is 0 Å². The average molecular weight is 255 g/mol. The topological polar surface area (TPSA) is 9.23 Å². The largest absolute Gasteiger partial charge is 0.374 e. The Morgan fingerprint density at radius 1 is 1.36 bits per heavy atom. The maximum Gasteiger partial charge on any atom is 0.0828 e. The molecule has 1 unspecified atom stereocenters. The Balaban J connectivity index is 2.21. The fraction of sp³-hybridized carbons (Fsp3) is 0.500. The number of hydrogen-bond acceptors (Lipinski definition) is 1. The van der Waals surface area contributed by atoms with Crippen molar-refractivity contribution in [3.05, 3.63) is 35.4 Å². The van der Waals surface area contributed by atoms with Crippen molar-refractivity contribution in [1.82, 2.24) is 0 Å². The minimum atomic E-state index is 0.352. The van der Waals surface area contributed by atoms with Gasteiger partial charge in [0, 0.05) is 11.9 Å². The third-order valence-corrected chi connectivity index (χ3v) is 3.09. The molecule has 1 saturated heterocycles. The van der Waals surface area contributed by atoms with Crippen molar-refractivity contribution >= 4 is 15.9 Å². The summed E-state index contributed by atoms with van der Waals surface area (Å²) >= 11 is 3.49. The number of rotatable bonds is 3. The van der Waals surface area contributed by atoms with E-state index in [-0.39, 0.29) is 0 Å². The van der Waals surface area contributed by atoms with E-state index in [1.165, 1.54) is 24.0 Å². The monoisotopic (exact) mass is 254 g/mol. The summed E-state index contributed by atoms with van der Waals surface area (Å²) in [7, 11) is 0. The van der Waals surface area contributed by atoms with Crippen molar-refractivity contribution in [2.75, 3.05) is 11.9 Å². The van der Waals surface area contributed by atoms with Gasteiger partial charge in [-0.3, -0.25) is 0 Å². The number of halogens is 1. The van der Waals surface area contributed by atoms with Gasteiger partial charge in [-0.1, -0.05) is 40.2 Å². The van der Waals surface area contributed by atoms with Crippen molar-refractivity contribution in [1.29, 1.82) is 0 Å². The van der Waals surface area contributed by atoms with E-state index in [1.54, 1.807) is 0 Å². The predicted octanol–water partition coefficient (Wildman–Crippen LogP) is 3.48. The van der Waals surface area contributed by atoms with E-state index in [0.717, 1.165) is 18.4 Å². The highest BCUT2D eigenvalue weighted by atomic mass is 79.9. The van der Waals surface area contributed by atoms with Crippen LogP contribution in [0.3, 0.4) is 0 Å². The van der Waals surface area contributed by atoms with Gasteiger partial charge in [0.1, 0.15) is 0 Å². The Morgan fingerprint density at radius 2 is 2.21 bits per heavy atom. The lowest BCUT2D eigenvalue weighted by Crippen LogP contribution is -2.01. The molecule has 2 rings (SSSR count). The minimum Gasteiger partial charge on any atom is -0.374 e. The van der Waals surface area contributed by atoms with E-state index in [1.807, 2.05) is 0 Å². The summed E-state index contributed by atoms with van der Waals surface area (Å²) in [6.07, 6.45) is 3.83. The number of benzene rings is 1. The van der Waals surface area contributed by atoms with Gasteiger partial charge >= 0.3 is 0 Å². The summed E-state index contributed by atoms with van der Waals surface area (Å²) in [4.78, 5) is 0. The lowest BCUT2D eigenvalue weighted by molar-refractivity contribution is 0.111. The normalized spacial score (nSPS) is 21.4. The fourth-order valence-electron chi connectivity index (χ4n) is 2.00. The smallest absolute Gasteiger partial charge is 0.0828 e. The molecular formula is C12H15BrO. The molecule has 0 radical (unpaired) electrons. The summed E-state index contributed by atoms with van der Waals surface area (Å²) in [5.41, 5.74) is 2.82. The number of aryl methyl sites for hydroxylation is 1. The van der Waals surface area contributed by atoms with Gasteiger partial charge < -0.3 is 4.74 Å². The van der Waals surface area contributed by atoms with Crippen LogP contribution in [0.5, 0.6) is 0 Å². The Labute approximate surface area is 93.6 Å². The van der Waals surface area contributed by atoms with Crippen LogP contribution in [-0.2, 0) is 11.2 Å². The molecule has 0 spiro atoms. The second-order valence-electron chi connectivity index (χ2n) is 3.64. The maximum atomic E-state index is 5.71. The van der Waals surface area contributed by atoms with Crippen molar-refractivity contribution in [2.45, 2.75) is 25.4 Å². The molecule has 1 aromatic rings. The SMILES string of the molecule is BrCCc1ccccc1C1CCCO1. The molecule has 76 valence electrons. The molecule has 2 heteroatoms. The van der Waals surface area contributed by atoms with Crippen LogP contribution in [-0.4, -0.2) is 11.9 Å². The van der Waals surface area contributed by atoms with E-state index >= 15 is 0 Å². The second-order valence-corrected chi connectivity index (χ2v) is 4.43. The van der Waals surface area contributed by atoms with Gasteiger partial charge in [-0.15, -0.1) is 0 Å². The molecule has 0 amide bonds. The molecule has 1 aliphatic heterocycles. The molecule has 0 bridgehead atoms. The zero-order valence-electron chi connectivity index (χ0n) is 8.21. The highest BCUT2D eigenvalue weighted by Crippen LogP contribution is 2.30. The molecule has 1 aromatic carbocycles. The van der Waals surface area contributed by atoms with Crippen LogP contribution in [0.2, 0.25) is 0 Å². The first-order valence-corrected chi connectivity index (χ1v) is 6.29. The van der Waals surface area contributed by atoms with E-state index in [0.29, 0.717) is 6.10 Å². The lowest BCUT2D eigenvalue weighted by Gasteiger charge is -2.14. The number of ether oxygens (including phenoxy) is 1. The summed E-state index contributed by atoms with van der Waals surface area (Å²) in [5, 5.41) is 1.02. The van der Waals surface area contributed by atoms with Gasteiger partial charge in [0.25, 0.3) is 0 Å². The predicted molar refractivity (Wildman–Crippen MR) is 61.9 cm³/mol. The molecule has 1 fully saturated rings. The number of hydrogen-bond donors (Lipinski definition) is 0. The summed E-state index contributed by atoms with van der Waals surface area (Å²) in [5.74, 6) is 0. The van der Waals surface area contributed by atoms with Gasteiger partial charge in [0.15, 0.2) is 0 Å². The second kappa shape index (κ2) is 4.94. The molecule has 1 heterocycles. The highest BCUT2D eigenvalue weighted by molar-refractivity contribution is 9.09. The van der Waals surface area contributed by atoms with E-state index in [2.05, 4.69) is 40.2 Å². The van der Waals surface area contributed by atoms with Crippen LogP contribution in [0, 0.1) is 0 Å². The molecule has 1 atom stereocenters. The molecule has 1 nitrogen and oxygen atoms in total. The molecule has 0 aliphatic carbocycles.